The minimum absolute atomic E-state index is 0.0580. The zero-order valence-corrected chi connectivity index (χ0v) is 10.3. The molecule has 4 atom stereocenters. The molecule has 0 saturated carbocycles. The third-order valence-electron chi connectivity index (χ3n) is 2.33. The summed E-state index contributed by atoms with van der Waals surface area (Å²) in [5.74, 6) is -0.450. The molecule has 0 bridgehead atoms. The van der Waals surface area contributed by atoms with Crippen molar-refractivity contribution >= 4 is 16.3 Å². The molecule has 1 aliphatic heterocycles. The predicted octanol–water partition coefficient (Wildman–Crippen LogP) is -2.22. The summed E-state index contributed by atoms with van der Waals surface area (Å²) in [6.07, 6.45) is -3.58. The molecule has 0 aromatic carbocycles. The first-order chi connectivity index (χ1) is 8.19. The van der Waals surface area contributed by atoms with Gasteiger partial charge in [-0.2, -0.15) is 8.42 Å². The minimum Gasteiger partial charge on any atom is -0.391 e. The number of aliphatic hydroxyl groups excluding tert-OH is 2. The van der Waals surface area contributed by atoms with Crippen LogP contribution in [0.25, 0.3) is 0 Å². The maximum Gasteiger partial charge on any atom is 0.397 e. The molecule has 1 aliphatic rings. The van der Waals surface area contributed by atoms with Gasteiger partial charge in [-0.1, -0.05) is 0 Å². The van der Waals surface area contributed by atoms with Crippen LogP contribution in [0.5, 0.6) is 0 Å². The van der Waals surface area contributed by atoms with E-state index in [9.17, 15) is 23.4 Å². The van der Waals surface area contributed by atoms with Gasteiger partial charge in [0.2, 0.25) is 5.91 Å². The Kier molecular flexibility index (Phi) is 5.01. The maximum atomic E-state index is 10.8. The highest BCUT2D eigenvalue weighted by atomic mass is 32.3. The second-order valence-corrected chi connectivity index (χ2v) is 4.98. The largest absolute Gasteiger partial charge is 0.397 e. The topological polar surface area (TPSA) is 142 Å². The van der Waals surface area contributed by atoms with Crippen molar-refractivity contribution in [3.63, 3.8) is 0 Å². The smallest absolute Gasteiger partial charge is 0.391 e. The number of hydrogen-bond donors (Lipinski definition) is 4. The zero-order chi connectivity index (χ0) is 13.9. The zero-order valence-electron chi connectivity index (χ0n) is 9.51. The molecule has 4 N–H and O–H groups in total. The van der Waals surface area contributed by atoms with Crippen molar-refractivity contribution < 1.29 is 36.9 Å². The normalized spacial score (nSPS) is 33.1. The number of amides is 1. The Morgan fingerprint density at radius 2 is 2.11 bits per heavy atom. The Bertz CT molecular complexity index is 384. The highest BCUT2D eigenvalue weighted by Crippen LogP contribution is 2.19. The summed E-state index contributed by atoms with van der Waals surface area (Å²) in [4.78, 5) is 10.8. The Hall–Kier alpha value is -0.780. The standard InChI is InChI=1S/C8H15NO8S/c1-4(10)9-7-6(11)2-5(17-8(7)12)3-16-18(13,14)15/h5-8,11-12H,2-3H2,1H3,(H,9,10)(H,13,14,15)/t5?,6-,7?,8?/m0/s1. The van der Waals surface area contributed by atoms with E-state index in [4.69, 9.17) is 9.29 Å². The number of aliphatic hydroxyl groups is 2. The van der Waals surface area contributed by atoms with Gasteiger partial charge in [0, 0.05) is 13.3 Å². The third kappa shape index (κ3) is 4.84. The lowest BCUT2D eigenvalue weighted by Crippen LogP contribution is -2.57. The molecule has 10 heteroatoms. The number of ether oxygens (including phenoxy) is 1. The van der Waals surface area contributed by atoms with Crippen LogP contribution in [0.15, 0.2) is 0 Å². The first-order valence-corrected chi connectivity index (χ1v) is 6.46. The molecule has 3 unspecified atom stereocenters. The van der Waals surface area contributed by atoms with E-state index in [0.29, 0.717) is 0 Å². The van der Waals surface area contributed by atoms with Crippen LogP contribution in [-0.4, -0.2) is 60.2 Å². The second-order valence-electron chi connectivity index (χ2n) is 3.89. The van der Waals surface area contributed by atoms with Gasteiger partial charge in [0.1, 0.15) is 6.04 Å². The summed E-state index contributed by atoms with van der Waals surface area (Å²) in [6, 6.07) is -0.996. The molecule has 0 aliphatic carbocycles. The van der Waals surface area contributed by atoms with Crippen LogP contribution in [0.3, 0.4) is 0 Å². The lowest BCUT2D eigenvalue weighted by molar-refractivity contribution is -0.213. The average molecular weight is 285 g/mol. The molecule has 1 heterocycles. The molecule has 1 fully saturated rings. The van der Waals surface area contributed by atoms with Gasteiger partial charge in [-0.05, 0) is 0 Å². The van der Waals surface area contributed by atoms with Crippen molar-refractivity contribution in [1.82, 2.24) is 5.32 Å². The number of rotatable bonds is 4. The van der Waals surface area contributed by atoms with Crippen molar-refractivity contribution in [2.24, 2.45) is 0 Å². The van der Waals surface area contributed by atoms with Crippen LogP contribution in [0, 0.1) is 0 Å². The quantitative estimate of drug-likeness (QED) is 0.425. The maximum absolute atomic E-state index is 10.8. The molecule has 0 aromatic rings. The van der Waals surface area contributed by atoms with Crippen LogP contribution in [0.1, 0.15) is 13.3 Å². The third-order valence-corrected chi connectivity index (χ3v) is 2.76. The fourth-order valence-corrected chi connectivity index (χ4v) is 1.94. The molecule has 0 aromatic heterocycles. The number of carbonyl (C=O) groups excluding carboxylic acids is 1. The number of nitrogens with one attached hydrogen (secondary N) is 1. The van der Waals surface area contributed by atoms with E-state index in [1.165, 1.54) is 6.92 Å². The van der Waals surface area contributed by atoms with Gasteiger partial charge in [0.15, 0.2) is 6.29 Å². The molecular weight excluding hydrogens is 270 g/mol. The summed E-state index contributed by atoms with van der Waals surface area (Å²) in [6.45, 7) is 0.673. The van der Waals surface area contributed by atoms with Crippen LogP contribution in [0.4, 0.5) is 0 Å². The number of carbonyl (C=O) groups is 1. The van der Waals surface area contributed by atoms with E-state index in [2.05, 4.69) is 9.50 Å². The first-order valence-electron chi connectivity index (χ1n) is 5.09. The lowest BCUT2D eigenvalue weighted by atomic mass is 10.0. The van der Waals surface area contributed by atoms with Gasteiger partial charge < -0.3 is 20.3 Å². The Morgan fingerprint density at radius 3 is 2.56 bits per heavy atom. The Labute approximate surface area is 104 Å². The Morgan fingerprint density at radius 1 is 1.50 bits per heavy atom. The highest BCUT2D eigenvalue weighted by molar-refractivity contribution is 7.80. The first kappa shape index (κ1) is 15.3. The van der Waals surface area contributed by atoms with Crippen molar-refractivity contribution in [2.75, 3.05) is 6.61 Å². The fourth-order valence-electron chi connectivity index (χ4n) is 1.61. The highest BCUT2D eigenvalue weighted by Gasteiger charge is 2.37. The van der Waals surface area contributed by atoms with Crippen LogP contribution >= 0.6 is 0 Å². The molecule has 18 heavy (non-hydrogen) atoms. The van der Waals surface area contributed by atoms with Crippen molar-refractivity contribution in [3.05, 3.63) is 0 Å². The van der Waals surface area contributed by atoms with Gasteiger partial charge in [0.25, 0.3) is 0 Å². The van der Waals surface area contributed by atoms with Gasteiger partial charge in [-0.3, -0.25) is 9.35 Å². The predicted molar refractivity (Wildman–Crippen MR) is 56.6 cm³/mol. The van der Waals surface area contributed by atoms with Crippen LogP contribution in [0.2, 0.25) is 0 Å². The molecule has 9 nitrogen and oxygen atoms in total. The van der Waals surface area contributed by atoms with Crippen molar-refractivity contribution in [1.29, 1.82) is 0 Å². The monoisotopic (exact) mass is 285 g/mol. The summed E-state index contributed by atoms with van der Waals surface area (Å²) in [7, 11) is -4.60. The summed E-state index contributed by atoms with van der Waals surface area (Å²) in [5, 5.41) is 21.5. The molecule has 106 valence electrons. The molecule has 0 radical (unpaired) electrons. The number of hydrogen-bond acceptors (Lipinski definition) is 7. The van der Waals surface area contributed by atoms with Gasteiger partial charge >= 0.3 is 10.4 Å². The van der Waals surface area contributed by atoms with E-state index in [1.807, 2.05) is 0 Å². The summed E-state index contributed by atoms with van der Waals surface area (Å²) >= 11 is 0. The van der Waals surface area contributed by atoms with E-state index >= 15 is 0 Å². The molecule has 0 spiro atoms. The van der Waals surface area contributed by atoms with Gasteiger partial charge in [-0.15, -0.1) is 0 Å². The van der Waals surface area contributed by atoms with E-state index in [1.54, 1.807) is 0 Å². The van der Waals surface area contributed by atoms with E-state index in [-0.39, 0.29) is 6.42 Å². The van der Waals surface area contributed by atoms with Crippen molar-refractivity contribution in [2.45, 2.75) is 37.9 Å². The van der Waals surface area contributed by atoms with Crippen LogP contribution in [-0.2, 0) is 24.1 Å². The fraction of sp³-hybridized carbons (Fsp3) is 0.875. The van der Waals surface area contributed by atoms with Crippen LogP contribution < -0.4 is 5.32 Å². The lowest BCUT2D eigenvalue weighted by Gasteiger charge is -2.36. The van der Waals surface area contributed by atoms with Crippen molar-refractivity contribution in [3.8, 4) is 0 Å². The average Bonchev–Trinajstić information content (AvgIpc) is 2.19. The molecule has 1 amide bonds. The summed E-state index contributed by atoms with van der Waals surface area (Å²) < 4.78 is 38.1. The molecule has 1 rings (SSSR count). The Balaban J connectivity index is 2.53. The van der Waals surface area contributed by atoms with E-state index in [0.717, 1.165) is 0 Å². The van der Waals surface area contributed by atoms with Gasteiger partial charge in [0.05, 0.1) is 18.8 Å². The minimum atomic E-state index is -4.60. The second kappa shape index (κ2) is 5.91. The molecular formula is C8H15NO8S. The summed E-state index contributed by atoms with van der Waals surface area (Å²) in [5.41, 5.74) is 0. The molecule has 1 saturated heterocycles. The SMILES string of the molecule is CC(=O)NC1C(O)OC(COS(=O)(=O)O)C[C@@H]1O. The van der Waals surface area contributed by atoms with Gasteiger partial charge in [-0.25, -0.2) is 4.18 Å². The van der Waals surface area contributed by atoms with E-state index < -0.39 is 47.5 Å².